The van der Waals surface area contributed by atoms with Crippen molar-refractivity contribution in [2.45, 2.75) is 152 Å². The van der Waals surface area contributed by atoms with E-state index in [1.165, 1.54) is 64.2 Å². The Kier molecular flexibility index (Phi) is 12.0. The zero-order chi connectivity index (χ0) is 22.1. The van der Waals surface area contributed by atoms with Crippen molar-refractivity contribution in [3.05, 3.63) is 0 Å². The molecule has 1 nitrogen and oxygen atoms in total. The first kappa shape index (κ1) is 28.0. The first-order chi connectivity index (χ1) is 13.3. The quantitative estimate of drug-likeness (QED) is 0.277. The number of hydrogen-bond acceptors (Lipinski definition) is 1. The molecular formula is C27H57N. The molecular weight excluding hydrogens is 338 g/mol. The lowest BCUT2D eigenvalue weighted by molar-refractivity contribution is -0.175. The van der Waals surface area contributed by atoms with Crippen molar-refractivity contribution in [2.24, 2.45) is 27.9 Å². The summed E-state index contributed by atoms with van der Waals surface area (Å²) < 4.78 is 0. The van der Waals surface area contributed by atoms with Gasteiger partial charge in [0.25, 0.3) is 0 Å². The molecule has 0 bridgehead atoms. The minimum absolute atomic E-state index is 0.0822. The van der Waals surface area contributed by atoms with E-state index >= 15 is 0 Å². The van der Waals surface area contributed by atoms with Crippen LogP contribution < -0.4 is 5.73 Å². The highest BCUT2D eigenvalue weighted by molar-refractivity contribution is 5.15. The SMILES string of the molecule is CCCCC(CC)C(CC)(CC)C(CC)(CC)C(CC)(CC)C(N)(CC)CC. The average molecular weight is 396 g/mol. The second-order valence-corrected chi connectivity index (χ2v) is 9.55. The zero-order valence-corrected chi connectivity index (χ0v) is 21.6. The van der Waals surface area contributed by atoms with Crippen LogP contribution in [-0.2, 0) is 0 Å². The van der Waals surface area contributed by atoms with Crippen molar-refractivity contribution < 1.29 is 0 Å². The highest BCUT2D eigenvalue weighted by Gasteiger charge is 2.64. The molecule has 0 aliphatic rings. The van der Waals surface area contributed by atoms with Gasteiger partial charge in [-0.3, -0.25) is 0 Å². The first-order valence-corrected chi connectivity index (χ1v) is 13.0. The van der Waals surface area contributed by atoms with E-state index in [1.807, 2.05) is 0 Å². The summed E-state index contributed by atoms with van der Waals surface area (Å²) >= 11 is 0. The molecule has 170 valence electrons. The Hall–Kier alpha value is -0.0400. The summed E-state index contributed by atoms with van der Waals surface area (Å²) in [6.07, 6.45) is 15.0. The first-order valence-electron chi connectivity index (χ1n) is 13.0. The van der Waals surface area contributed by atoms with E-state index in [1.54, 1.807) is 0 Å². The van der Waals surface area contributed by atoms with E-state index in [4.69, 9.17) is 5.73 Å². The Bertz CT molecular complexity index is 394. The average Bonchev–Trinajstić information content (AvgIpc) is 2.75. The normalized spacial score (nSPS) is 15.1. The molecule has 2 N–H and O–H groups in total. The van der Waals surface area contributed by atoms with Gasteiger partial charge in [0.1, 0.15) is 0 Å². The summed E-state index contributed by atoms with van der Waals surface area (Å²) in [7, 11) is 0. The maximum absolute atomic E-state index is 7.38. The van der Waals surface area contributed by atoms with Crippen molar-refractivity contribution in [1.82, 2.24) is 0 Å². The van der Waals surface area contributed by atoms with E-state index in [0.29, 0.717) is 10.8 Å². The van der Waals surface area contributed by atoms with E-state index < -0.39 is 0 Å². The van der Waals surface area contributed by atoms with Crippen molar-refractivity contribution in [3.8, 4) is 0 Å². The largest absolute Gasteiger partial charge is 0.325 e. The number of unbranched alkanes of at least 4 members (excludes halogenated alkanes) is 1. The molecule has 0 amide bonds. The molecule has 0 spiro atoms. The molecule has 0 fully saturated rings. The molecule has 1 atom stereocenters. The predicted octanol–water partition coefficient (Wildman–Crippen LogP) is 9.14. The topological polar surface area (TPSA) is 26.0 Å². The Labute approximate surface area is 180 Å². The molecule has 1 unspecified atom stereocenters. The van der Waals surface area contributed by atoms with Gasteiger partial charge in [-0.15, -0.1) is 0 Å². The summed E-state index contributed by atoms with van der Waals surface area (Å²) in [6, 6.07) is 0. The molecule has 1 heteroatoms. The molecule has 0 aromatic carbocycles. The lowest BCUT2D eigenvalue weighted by Gasteiger charge is -2.68. The van der Waals surface area contributed by atoms with E-state index in [0.717, 1.165) is 18.8 Å². The minimum Gasteiger partial charge on any atom is -0.325 e. The minimum atomic E-state index is -0.0822. The number of rotatable bonds is 16. The molecule has 0 saturated carbocycles. The molecule has 0 aromatic heterocycles. The van der Waals surface area contributed by atoms with Crippen molar-refractivity contribution in [3.63, 3.8) is 0 Å². The molecule has 0 aromatic rings. The maximum Gasteiger partial charge on any atom is 0.0211 e. The van der Waals surface area contributed by atoms with Gasteiger partial charge in [-0.1, -0.05) is 88.5 Å². The fourth-order valence-corrected chi connectivity index (χ4v) is 8.36. The van der Waals surface area contributed by atoms with Gasteiger partial charge < -0.3 is 5.73 Å². The summed E-state index contributed by atoms with van der Waals surface area (Å²) in [5, 5.41) is 0. The van der Waals surface area contributed by atoms with Crippen LogP contribution in [0.4, 0.5) is 0 Å². The van der Waals surface area contributed by atoms with Gasteiger partial charge in [0.05, 0.1) is 0 Å². The molecule has 0 aliphatic carbocycles. The standard InChI is InChI=1S/C27H57N/c1-11-21-22-23(12-2)24(13-3,14-4)25(15-5,16-6)26(17-7,18-8)27(28,19-9)20-10/h23H,11-22,28H2,1-10H3. The lowest BCUT2D eigenvalue weighted by atomic mass is 9.37. The molecule has 0 saturated heterocycles. The van der Waals surface area contributed by atoms with Gasteiger partial charge in [-0.25, -0.2) is 0 Å². The second-order valence-electron chi connectivity index (χ2n) is 9.55. The lowest BCUT2D eigenvalue weighted by Crippen LogP contribution is -2.67. The smallest absolute Gasteiger partial charge is 0.0211 e. The van der Waals surface area contributed by atoms with Gasteiger partial charge >= 0.3 is 0 Å². The van der Waals surface area contributed by atoms with Gasteiger partial charge in [0.15, 0.2) is 0 Å². The Morgan fingerprint density at radius 3 is 1.25 bits per heavy atom. The van der Waals surface area contributed by atoms with Crippen LogP contribution in [-0.4, -0.2) is 5.54 Å². The fraction of sp³-hybridized carbons (Fsp3) is 1.00. The third kappa shape index (κ3) is 4.08. The zero-order valence-electron chi connectivity index (χ0n) is 21.6. The molecule has 0 aliphatic heterocycles. The summed E-state index contributed by atoms with van der Waals surface area (Å²) in [5.41, 5.74) is 8.16. The van der Waals surface area contributed by atoms with Crippen LogP contribution in [0.25, 0.3) is 0 Å². The predicted molar refractivity (Wildman–Crippen MR) is 130 cm³/mol. The second kappa shape index (κ2) is 12.0. The van der Waals surface area contributed by atoms with E-state index in [-0.39, 0.29) is 11.0 Å². The van der Waals surface area contributed by atoms with Crippen LogP contribution in [0.5, 0.6) is 0 Å². The van der Waals surface area contributed by atoms with Gasteiger partial charge in [0, 0.05) is 5.54 Å². The van der Waals surface area contributed by atoms with Crippen LogP contribution in [0.15, 0.2) is 0 Å². The van der Waals surface area contributed by atoms with Gasteiger partial charge in [-0.05, 0) is 80.0 Å². The summed E-state index contributed by atoms with van der Waals surface area (Å²) in [4.78, 5) is 0. The number of nitrogens with two attached hydrogens (primary N) is 1. The Balaban J connectivity index is 7.05. The molecule has 28 heavy (non-hydrogen) atoms. The monoisotopic (exact) mass is 395 g/mol. The molecule has 0 heterocycles. The van der Waals surface area contributed by atoms with Crippen LogP contribution in [0, 0.1) is 22.2 Å². The van der Waals surface area contributed by atoms with Crippen LogP contribution in [0.3, 0.4) is 0 Å². The third-order valence-electron chi connectivity index (χ3n) is 9.94. The summed E-state index contributed by atoms with van der Waals surface area (Å²) in [5.74, 6) is 0.804. The fourth-order valence-electron chi connectivity index (χ4n) is 8.36. The molecule has 0 rings (SSSR count). The van der Waals surface area contributed by atoms with Crippen molar-refractivity contribution in [2.75, 3.05) is 0 Å². The van der Waals surface area contributed by atoms with E-state index in [2.05, 4.69) is 69.2 Å². The van der Waals surface area contributed by atoms with Gasteiger partial charge in [-0.2, -0.15) is 0 Å². The maximum atomic E-state index is 7.38. The van der Waals surface area contributed by atoms with Crippen molar-refractivity contribution >= 4 is 0 Å². The van der Waals surface area contributed by atoms with Crippen LogP contribution in [0.1, 0.15) is 146 Å². The van der Waals surface area contributed by atoms with Crippen molar-refractivity contribution in [1.29, 1.82) is 0 Å². The van der Waals surface area contributed by atoms with Gasteiger partial charge in [0.2, 0.25) is 0 Å². The van der Waals surface area contributed by atoms with Crippen LogP contribution >= 0.6 is 0 Å². The third-order valence-corrected chi connectivity index (χ3v) is 9.94. The number of hydrogen-bond donors (Lipinski definition) is 1. The van der Waals surface area contributed by atoms with E-state index in [9.17, 15) is 0 Å². The highest BCUT2D eigenvalue weighted by atomic mass is 14.8. The Morgan fingerprint density at radius 1 is 0.571 bits per heavy atom. The Morgan fingerprint density at radius 2 is 1.00 bits per heavy atom. The van der Waals surface area contributed by atoms with Crippen LogP contribution in [0.2, 0.25) is 0 Å². The molecule has 0 radical (unpaired) electrons. The highest BCUT2D eigenvalue weighted by Crippen LogP contribution is 2.69. The summed E-state index contributed by atoms with van der Waals surface area (Å²) in [6.45, 7) is 24.3.